The Bertz CT molecular complexity index is 815. The lowest BCUT2D eigenvalue weighted by Crippen LogP contribution is -2.47. The largest absolute Gasteiger partial charge is 0.361 e. The molecule has 1 aliphatic heterocycles. The molecule has 0 saturated carbocycles. The van der Waals surface area contributed by atoms with Crippen LogP contribution in [-0.4, -0.2) is 51.9 Å². The smallest absolute Gasteiger partial charge is 0.270 e. The summed E-state index contributed by atoms with van der Waals surface area (Å²) in [5.41, 5.74) is 7.77. The summed E-state index contributed by atoms with van der Waals surface area (Å²) in [4.78, 5) is 15.1. The molecule has 1 aliphatic rings. The second-order valence-electron chi connectivity index (χ2n) is 7.39. The summed E-state index contributed by atoms with van der Waals surface area (Å²) >= 11 is 5.27. The van der Waals surface area contributed by atoms with E-state index in [4.69, 9.17) is 12.2 Å². The number of hydrogen-bond donors (Lipinski definition) is 3. The van der Waals surface area contributed by atoms with Gasteiger partial charge in [-0.1, -0.05) is 24.6 Å². The van der Waals surface area contributed by atoms with E-state index in [9.17, 15) is 4.79 Å². The summed E-state index contributed by atoms with van der Waals surface area (Å²) in [6, 6.07) is 7.44. The third kappa shape index (κ3) is 6.54. The van der Waals surface area contributed by atoms with Gasteiger partial charge in [0, 0.05) is 30.9 Å². The van der Waals surface area contributed by atoms with Crippen molar-refractivity contribution in [1.82, 2.24) is 30.8 Å². The van der Waals surface area contributed by atoms with E-state index in [1.165, 1.54) is 32.4 Å². The van der Waals surface area contributed by atoms with Crippen molar-refractivity contribution in [3.63, 3.8) is 0 Å². The van der Waals surface area contributed by atoms with Crippen molar-refractivity contribution >= 4 is 23.2 Å². The van der Waals surface area contributed by atoms with E-state index < -0.39 is 0 Å². The maximum absolute atomic E-state index is 12.6. The minimum absolute atomic E-state index is 0.237. The number of likely N-dealkylation sites (tertiary alicyclic amines) is 1. The van der Waals surface area contributed by atoms with Gasteiger partial charge in [0.1, 0.15) is 0 Å². The standard InChI is InChI=1S/C21H30N6OS/c1-26-16-17(15-23-26)18-9-3-4-10-19(18)20(28)24-25-21(29)22-11-5-8-14-27-12-6-2-7-13-27/h3-4,9-10,15-16H,2,5-8,11-14H2,1H3,(H,24,28)(H2,22,25,29). The zero-order valence-corrected chi connectivity index (χ0v) is 17.8. The molecule has 0 radical (unpaired) electrons. The Kier molecular flexibility index (Phi) is 8.01. The van der Waals surface area contributed by atoms with Gasteiger partial charge in [0.2, 0.25) is 0 Å². The van der Waals surface area contributed by atoms with Gasteiger partial charge in [0.25, 0.3) is 5.91 Å². The van der Waals surface area contributed by atoms with Crippen LogP contribution >= 0.6 is 12.2 Å². The number of hydrogen-bond acceptors (Lipinski definition) is 4. The Balaban J connectivity index is 1.38. The molecular formula is C21H30N6OS. The van der Waals surface area contributed by atoms with Gasteiger partial charge < -0.3 is 10.2 Å². The van der Waals surface area contributed by atoms with Crippen molar-refractivity contribution in [1.29, 1.82) is 0 Å². The van der Waals surface area contributed by atoms with Crippen LogP contribution in [-0.2, 0) is 7.05 Å². The number of aryl methyl sites for hydroxylation is 1. The molecule has 1 amide bonds. The molecule has 156 valence electrons. The first kappa shape index (κ1) is 21.3. The van der Waals surface area contributed by atoms with Crippen molar-refractivity contribution in [2.75, 3.05) is 26.2 Å². The average Bonchev–Trinajstić information content (AvgIpc) is 3.18. The molecule has 7 nitrogen and oxygen atoms in total. The zero-order chi connectivity index (χ0) is 20.5. The molecule has 1 aromatic carbocycles. The Labute approximate surface area is 177 Å². The van der Waals surface area contributed by atoms with Crippen LogP contribution in [0.1, 0.15) is 42.5 Å². The van der Waals surface area contributed by atoms with Crippen LogP contribution in [0.3, 0.4) is 0 Å². The molecule has 1 aromatic heterocycles. The van der Waals surface area contributed by atoms with Gasteiger partial charge in [0.15, 0.2) is 5.11 Å². The number of carbonyl (C=O) groups excluding carboxylic acids is 1. The predicted octanol–water partition coefficient (Wildman–Crippen LogP) is 2.46. The van der Waals surface area contributed by atoms with Gasteiger partial charge in [-0.05, 0) is 69.2 Å². The number of carbonyl (C=O) groups is 1. The molecule has 0 unspecified atom stereocenters. The number of thiocarbonyl (C=S) groups is 1. The first-order chi connectivity index (χ1) is 14.1. The van der Waals surface area contributed by atoms with Crippen LogP contribution in [0.2, 0.25) is 0 Å². The van der Waals surface area contributed by atoms with E-state index in [2.05, 4.69) is 26.2 Å². The van der Waals surface area contributed by atoms with E-state index in [1.807, 2.05) is 31.4 Å². The highest BCUT2D eigenvalue weighted by Gasteiger charge is 2.13. The number of piperidine rings is 1. The fourth-order valence-electron chi connectivity index (χ4n) is 3.56. The third-order valence-electron chi connectivity index (χ3n) is 5.11. The molecule has 1 saturated heterocycles. The number of amides is 1. The molecule has 2 heterocycles. The lowest BCUT2D eigenvalue weighted by molar-refractivity contribution is 0.0944. The Morgan fingerprint density at radius 2 is 1.93 bits per heavy atom. The molecule has 0 bridgehead atoms. The molecule has 8 heteroatoms. The monoisotopic (exact) mass is 414 g/mol. The van der Waals surface area contributed by atoms with Crippen molar-refractivity contribution in [3.05, 3.63) is 42.2 Å². The molecule has 0 spiro atoms. The second-order valence-corrected chi connectivity index (χ2v) is 7.80. The first-order valence-electron chi connectivity index (χ1n) is 10.3. The van der Waals surface area contributed by atoms with E-state index >= 15 is 0 Å². The fourth-order valence-corrected chi connectivity index (χ4v) is 3.72. The quantitative estimate of drug-likeness (QED) is 0.367. The number of nitrogens with one attached hydrogen (secondary N) is 3. The maximum atomic E-state index is 12.6. The lowest BCUT2D eigenvalue weighted by atomic mass is 10.0. The summed E-state index contributed by atoms with van der Waals surface area (Å²) in [6.07, 6.45) is 9.87. The van der Waals surface area contributed by atoms with Gasteiger partial charge in [-0.15, -0.1) is 0 Å². The number of rotatable bonds is 7. The van der Waals surface area contributed by atoms with Gasteiger partial charge >= 0.3 is 0 Å². The van der Waals surface area contributed by atoms with Crippen LogP contribution in [0.15, 0.2) is 36.7 Å². The highest BCUT2D eigenvalue weighted by molar-refractivity contribution is 7.80. The summed E-state index contributed by atoms with van der Waals surface area (Å²) in [5.74, 6) is -0.237. The normalized spacial score (nSPS) is 14.4. The highest BCUT2D eigenvalue weighted by Crippen LogP contribution is 2.22. The molecule has 0 aliphatic carbocycles. The summed E-state index contributed by atoms with van der Waals surface area (Å²) in [5, 5.41) is 7.76. The minimum Gasteiger partial charge on any atom is -0.361 e. The Morgan fingerprint density at radius 3 is 2.69 bits per heavy atom. The summed E-state index contributed by atoms with van der Waals surface area (Å²) in [6.45, 7) is 4.42. The second kappa shape index (κ2) is 10.9. The average molecular weight is 415 g/mol. The number of nitrogens with zero attached hydrogens (tertiary/aromatic N) is 3. The van der Waals surface area contributed by atoms with Crippen LogP contribution < -0.4 is 16.2 Å². The summed E-state index contributed by atoms with van der Waals surface area (Å²) < 4.78 is 1.71. The van der Waals surface area contributed by atoms with Crippen LogP contribution in [0.4, 0.5) is 0 Å². The Morgan fingerprint density at radius 1 is 1.14 bits per heavy atom. The van der Waals surface area contributed by atoms with E-state index in [1.54, 1.807) is 16.9 Å². The zero-order valence-electron chi connectivity index (χ0n) is 17.0. The lowest BCUT2D eigenvalue weighted by Gasteiger charge is -2.26. The number of aromatic nitrogens is 2. The molecule has 0 atom stereocenters. The molecule has 2 aromatic rings. The number of hydrazine groups is 1. The van der Waals surface area contributed by atoms with Crippen molar-refractivity contribution in [3.8, 4) is 11.1 Å². The van der Waals surface area contributed by atoms with Gasteiger partial charge in [-0.25, -0.2) is 0 Å². The van der Waals surface area contributed by atoms with Gasteiger partial charge in [-0.2, -0.15) is 5.10 Å². The summed E-state index contributed by atoms with van der Waals surface area (Å²) in [7, 11) is 1.85. The van der Waals surface area contributed by atoms with Crippen LogP contribution in [0.25, 0.3) is 11.1 Å². The topological polar surface area (TPSA) is 74.2 Å². The number of unbranched alkanes of at least 4 members (excludes halogenated alkanes) is 1. The highest BCUT2D eigenvalue weighted by atomic mass is 32.1. The van der Waals surface area contributed by atoms with Crippen molar-refractivity contribution in [2.24, 2.45) is 7.05 Å². The van der Waals surface area contributed by atoms with Gasteiger partial charge in [-0.3, -0.25) is 20.3 Å². The first-order valence-corrected chi connectivity index (χ1v) is 10.7. The molecule has 29 heavy (non-hydrogen) atoms. The molecular weight excluding hydrogens is 384 g/mol. The SMILES string of the molecule is Cn1cc(-c2ccccc2C(=O)NNC(=S)NCCCCN2CCCCC2)cn1. The van der Waals surface area contributed by atoms with E-state index in [0.29, 0.717) is 10.7 Å². The van der Waals surface area contributed by atoms with Gasteiger partial charge in [0.05, 0.1) is 6.20 Å². The minimum atomic E-state index is -0.237. The van der Waals surface area contributed by atoms with E-state index in [-0.39, 0.29) is 5.91 Å². The molecule has 3 rings (SSSR count). The maximum Gasteiger partial charge on any atom is 0.270 e. The van der Waals surface area contributed by atoms with E-state index in [0.717, 1.165) is 37.1 Å². The molecule has 3 N–H and O–H groups in total. The fraction of sp³-hybridized carbons (Fsp3) is 0.476. The van der Waals surface area contributed by atoms with Crippen LogP contribution in [0.5, 0.6) is 0 Å². The Hall–Kier alpha value is -2.45. The van der Waals surface area contributed by atoms with Crippen molar-refractivity contribution in [2.45, 2.75) is 32.1 Å². The number of benzene rings is 1. The van der Waals surface area contributed by atoms with Crippen molar-refractivity contribution < 1.29 is 4.79 Å². The molecule has 1 fully saturated rings. The predicted molar refractivity (Wildman–Crippen MR) is 119 cm³/mol. The van der Waals surface area contributed by atoms with Crippen LogP contribution in [0, 0.1) is 0 Å². The third-order valence-corrected chi connectivity index (χ3v) is 5.36.